The van der Waals surface area contributed by atoms with E-state index in [0.29, 0.717) is 17.1 Å². The Hall–Kier alpha value is -0.370. The van der Waals surface area contributed by atoms with Crippen molar-refractivity contribution in [2.24, 2.45) is 16.7 Å². The van der Waals surface area contributed by atoms with Gasteiger partial charge >= 0.3 is 0 Å². The molecule has 0 radical (unpaired) electrons. The molecule has 0 amide bonds. The summed E-state index contributed by atoms with van der Waals surface area (Å²) in [6.07, 6.45) is 4.86. The predicted molar refractivity (Wildman–Crippen MR) is 86.9 cm³/mol. The first kappa shape index (κ1) is 17.7. The lowest BCUT2D eigenvalue weighted by Gasteiger charge is -2.36. The van der Waals surface area contributed by atoms with Crippen molar-refractivity contribution in [1.29, 1.82) is 0 Å². The van der Waals surface area contributed by atoms with Gasteiger partial charge in [-0.15, -0.1) is 0 Å². The van der Waals surface area contributed by atoms with Gasteiger partial charge in [-0.05, 0) is 51.4 Å². The van der Waals surface area contributed by atoms with Crippen molar-refractivity contribution in [2.45, 2.75) is 92.7 Å². The van der Waals surface area contributed by atoms with Crippen molar-refractivity contribution < 1.29 is 4.79 Å². The highest BCUT2D eigenvalue weighted by atomic mass is 16.1. The predicted octanol–water partition coefficient (Wildman–Crippen LogP) is 4.57. The maximum Gasteiger partial charge on any atom is 0.155 e. The SMILES string of the molecule is CC(C)(C)NC(CC1CCCC1(C)C)C(=O)C(C)(C)C. The van der Waals surface area contributed by atoms with E-state index in [-0.39, 0.29) is 17.0 Å². The van der Waals surface area contributed by atoms with Gasteiger partial charge in [0.2, 0.25) is 0 Å². The highest BCUT2D eigenvalue weighted by Crippen LogP contribution is 2.45. The van der Waals surface area contributed by atoms with E-state index < -0.39 is 0 Å². The summed E-state index contributed by atoms with van der Waals surface area (Å²) in [5.41, 5.74) is 0.0932. The Bertz CT molecular complexity index is 343. The van der Waals surface area contributed by atoms with Crippen molar-refractivity contribution in [3.05, 3.63) is 0 Å². The Morgan fingerprint density at radius 2 is 1.75 bits per heavy atom. The molecule has 0 heterocycles. The Kier molecular flexibility index (Phi) is 5.12. The summed E-state index contributed by atoms with van der Waals surface area (Å²) in [5, 5.41) is 3.58. The van der Waals surface area contributed by atoms with Crippen LogP contribution in [0.2, 0.25) is 0 Å². The van der Waals surface area contributed by atoms with E-state index >= 15 is 0 Å². The molecule has 0 aromatic heterocycles. The summed E-state index contributed by atoms with van der Waals surface area (Å²) in [6, 6.07) is -0.0163. The second-order valence-electron chi connectivity index (χ2n) is 9.37. The largest absolute Gasteiger partial charge is 0.303 e. The third-order valence-corrected chi connectivity index (χ3v) is 4.66. The quantitative estimate of drug-likeness (QED) is 0.817. The van der Waals surface area contributed by atoms with Crippen LogP contribution in [0.25, 0.3) is 0 Å². The number of hydrogen-bond acceptors (Lipinski definition) is 2. The Morgan fingerprint density at radius 3 is 2.10 bits per heavy atom. The molecule has 20 heavy (non-hydrogen) atoms. The monoisotopic (exact) mass is 281 g/mol. The van der Waals surface area contributed by atoms with E-state index in [0.717, 1.165) is 6.42 Å². The molecule has 2 atom stereocenters. The molecule has 1 aliphatic carbocycles. The standard InChI is InChI=1S/C18H35NO/c1-16(2,3)15(20)14(19-17(4,5)6)12-13-10-9-11-18(13,7)8/h13-14,19H,9-12H2,1-8H3. The van der Waals surface area contributed by atoms with Gasteiger partial charge < -0.3 is 5.32 Å². The summed E-state index contributed by atoms with van der Waals surface area (Å²) in [4.78, 5) is 12.8. The van der Waals surface area contributed by atoms with Crippen LogP contribution >= 0.6 is 0 Å². The molecule has 1 N–H and O–H groups in total. The number of hydrogen-bond donors (Lipinski definition) is 1. The van der Waals surface area contributed by atoms with E-state index in [2.05, 4.69) is 39.9 Å². The van der Waals surface area contributed by atoms with Gasteiger partial charge in [0.05, 0.1) is 6.04 Å². The van der Waals surface area contributed by atoms with Crippen molar-refractivity contribution in [3.63, 3.8) is 0 Å². The van der Waals surface area contributed by atoms with Crippen LogP contribution < -0.4 is 5.32 Å². The number of carbonyl (C=O) groups is 1. The summed E-state index contributed by atoms with van der Waals surface area (Å²) >= 11 is 0. The molecule has 1 saturated carbocycles. The normalized spacial score (nSPS) is 24.7. The van der Waals surface area contributed by atoms with E-state index in [1.54, 1.807) is 0 Å². The molecule has 0 spiro atoms. The molecule has 118 valence electrons. The number of nitrogens with one attached hydrogen (secondary N) is 1. The molecule has 0 saturated heterocycles. The van der Waals surface area contributed by atoms with Gasteiger partial charge in [0, 0.05) is 11.0 Å². The average Bonchev–Trinajstić information content (AvgIpc) is 2.53. The van der Waals surface area contributed by atoms with Crippen LogP contribution in [-0.4, -0.2) is 17.4 Å². The molecule has 0 aromatic rings. The molecule has 1 fully saturated rings. The third kappa shape index (κ3) is 4.87. The van der Waals surface area contributed by atoms with E-state index in [4.69, 9.17) is 0 Å². The molecule has 1 rings (SSSR count). The van der Waals surface area contributed by atoms with Crippen LogP contribution in [0.5, 0.6) is 0 Å². The number of Topliss-reactive ketones (excluding diaryl/α,β-unsaturated/α-hetero) is 1. The fraction of sp³-hybridized carbons (Fsp3) is 0.944. The van der Waals surface area contributed by atoms with Crippen LogP contribution in [0.15, 0.2) is 0 Å². The second-order valence-corrected chi connectivity index (χ2v) is 9.37. The fourth-order valence-corrected chi connectivity index (χ4v) is 3.40. The minimum Gasteiger partial charge on any atom is -0.303 e. The zero-order valence-corrected chi connectivity index (χ0v) is 14.9. The zero-order chi connectivity index (χ0) is 15.8. The smallest absolute Gasteiger partial charge is 0.155 e. The molecular weight excluding hydrogens is 246 g/mol. The van der Waals surface area contributed by atoms with Gasteiger partial charge in [0.15, 0.2) is 5.78 Å². The van der Waals surface area contributed by atoms with Crippen LogP contribution in [0.1, 0.15) is 81.1 Å². The van der Waals surface area contributed by atoms with Crippen molar-refractivity contribution in [2.75, 3.05) is 0 Å². The highest BCUT2D eigenvalue weighted by molar-refractivity contribution is 5.88. The van der Waals surface area contributed by atoms with Gasteiger partial charge in [0.1, 0.15) is 0 Å². The lowest BCUT2D eigenvalue weighted by molar-refractivity contribution is -0.129. The van der Waals surface area contributed by atoms with Crippen LogP contribution in [0.4, 0.5) is 0 Å². The zero-order valence-electron chi connectivity index (χ0n) is 14.9. The summed E-state index contributed by atoms with van der Waals surface area (Å²) in [7, 11) is 0. The first-order valence-corrected chi connectivity index (χ1v) is 8.15. The molecule has 2 heteroatoms. The van der Waals surface area contributed by atoms with Gasteiger partial charge in [-0.3, -0.25) is 4.79 Å². The van der Waals surface area contributed by atoms with Gasteiger partial charge in [-0.25, -0.2) is 0 Å². The summed E-state index contributed by atoms with van der Waals surface area (Å²) in [6.45, 7) is 17.3. The molecule has 2 unspecified atom stereocenters. The fourth-order valence-electron chi connectivity index (χ4n) is 3.40. The molecular formula is C18H35NO. The van der Waals surface area contributed by atoms with E-state index in [1.807, 2.05) is 20.8 Å². The van der Waals surface area contributed by atoms with Crippen molar-refractivity contribution in [1.82, 2.24) is 5.32 Å². The van der Waals surface area contributed by atoms with Crippen LogP contribution in [-0.2, 0) is 4.79 Å². The molecule has 1 aliphatic rings. The van der Waals surface area contributed by atoms with E-state index in [1.165, 1.54) is 19.3 Å². The van der Waals surface area contributed by atoms with E-state index in [9.17, 15) is 4.79 Å². The van der Waals surface area contributed by atoms with Crippen LogP contribution in [0, 0.1) is 16.7 Å². The Balaban J connectivity index is 2.86. The Morgan fingerprint density at radius 1 is 1.20 bits per heavy atom. The minimum atomic E-state index is -0.272. The topological polar surface area (TPSA) is 29.1 Å². The first-order valence-electron chi connectivity index (χ1n) is 8.15. The molecule has 0 bridgehead atoms. The number of ketones is 1. The summed E-state index contributed by atoms with van der Waals surface area (Å²) < 4.78 is 0. The third-order valence-electron chi connectivity index (χ3n) is 4.66. The minimum absolute atomic E-state index is 0.0163. The van der Waals surface area contributed by atoms with Gasteiger partial charge in [-0.2, -0.15) is 0 Å². The van der Waals surface area contributed by atoms with Crippen molar-refractivity contribution in [3.8, 4) is 0 Å². The van der Waals surface area contributed by atoms with Crippen molar-refractivity contribution >= 4 is 5.78 Å². The second kappa shape index (κ2) is 5.79. The number of rotatable bonds is 4. The summed E-state index contributed by atoms with van der Waals surface area (Å²) in [5.74, 6) is 1.02. The molecule has 0 aliphatic heterocycles. The lowest BCUT2D eigenvalue weighted by Crippen LogP contribution is -2.52. The lowest BCUT2D eigenvalue weighted by atomic mass is 9.75. The van der Waals surface area contributed by atoms with Crippen LogP contribution in [0.3, 0.4) is 0 Å². The highest BCUT2D eigenvalue weighted by Gasteiger charge is 2.40. The van der Waals surface area contributed by atoms with Gasteiger partial charge in [0.25, 0.3) is 0 Å². The average molecular weight is 281 g/mol. The van der Waals surface area contributed by atoms with Gasteiger partial charge in [-0.1, -0.05) is 41.0 Å². The maximum absolute atomic E-state index is 12.8. The first-order chi connectivity index (χ1) is 8.83. The Labute approximate surface area is 126 Å². The molecule has 2 nitrogen and oxygen atoms in total. The maximum atomic E-state index is 12.8. The molecule has 0 aromatic carbocycles. The number of carbonyl (C=O) groups excluding carboxylic acids is 1.